The van der Waals surface area contributed by atoms with Gasteiger partial charge in [-0.2, -0.15) is 0 Å². The number of fused-ring (bicyclic) bond motifs is 1. The minimum Gasteiger partial charge on any atom is -0.444 e. The SMILES string of the molecule is CC(C)(C)OC(=O)N1CC2CCC(=O)C21. The van der Waals surface area contributed by atoms with E-state index in [0.29, 0.717) is 18.9 Å². The highest BCUT2D eigenvalue weighted by Gasteiger charge is 2.50. The Morgan fingerprint density at radius 2 is 2.13 bits per heavy atom. The van der Waals surface area contributed by atoms with Gasteiger partial charge in [0.2, 0.25) is 0 Å². The van der Waals surface area contributed by atoms with Crippen molar-refractivity contribution in [3.8, 4) is 0 Å². The van der Waals surface area contributed by atoms with E-state index < -0.39 is 5.60 Å². The van der Waals surface area contributed by atoms with Crippen LogP contribution in [-0.2, 0) is 9.53 Å². The van der Waals surface area contributed by atoms with Crippen LogP contribution in [0.5, 0.6) is 0 Å². The van der Waals surface area contributed by atoms with E-state index in [2.05, 4.69) is 0 Å². The third kappa shape index (κ3) is 1.85. The van der Waals surface area contributed by atoms with Gasteiger partial charge in [-0.1, -0.05) is 0 Å². The van der Waals surface area contributed by atoms with Gasteiger partial charge in [-0.05, 0) is 27.2 Å². The molecule has 15 heavy (non-hydrogen) atoms. The molecule has 1 saturated carbocycles. The molecular weight excluding hydrogens is 194 g/mol. The second-order valence-electron chi connectivity index (χ2n) is 5.34. The molecule has 1 aliphatic heterocycles. The summed E-state index contributed by atoms with van der Waals surface area (Å²) in [6.45, 7) is 6.18. The van der Waals surface area contributed by atoms with Gasteiger partial charge >= 0.3 is 6.09 Å². The summed E-state index contributed by atoms with van der Waals surface area (Å²) in [5.74, 6) is 0.585. The summed E-state index contributed by atoms with van der Waals surface area (Å²) in [6, 6.07) is -0.181. The Bertz CT molecular complexity index is 305. The maximum Gasteiger partial charge on any atom is 0.410 e. The lowest BCUT2D eigenvalue weighted by Crippen LogP contribution is -2.59. The van der Waals surface area contributed by atoms with Gasteiger partial charge in [0.05, 0.1) is 6.04 Å². The monoisotopic (exact) mass is 211 g/mol. The van der Waals surface area contributed by atoms with Gasteiger partial charge in [-0.25, -0.2) is 4.79 Å². The second kappa shape index (κ2) is 3.22. The van der Waals surface area contributed by atoms with E-state index in [1.807, 2.05) is 20.8 Å². The van der Waals surface area contributed by atoms with Crippen LogP contribution in [0.4, 0.5) is 4.79 Å². The number of ketones is 1. The Kier molecular flexibility index (Phi) is 2.24. The predicted octanol–water partition coefficient (Wildman–Crippen LogP) is 1.58. The zero-order valence-corrected chi connectivity index (χ0v) is 9.45. The Labute approximate surface area is 89.6 Å². The van der Waals surface area contributed by atoms with E-state index in [9.17, 15) is 9.59 Å². The van der Waals surface area contributed by atoms with Crippen molar-refractivity contribution < 1.29 is 14.3 Å². The molecule has 0 radical (unpaired) electrons. The molecule has 0 N–H and O–H groups in total. The molecule has 1 heterocycles. The number of Topliss-reactive ketones (excluding diaryl/α,β-unsaturated/α-hetero) is 1. The van der Waals surface area contributed by atoms with Crippen LogP contribution in [0, 0.1) is 5.92 Å². The molecule has 84 valence electrons. The van der Waals surface area contributed by atoms with Gasteiger partial charge in [0.25, 0.3) is 0 Å². The van der Waals surface area contributed by atoms with Crippen LogP contribution in [0.3, 0.4) is 0 Å². The Morgan fingerprint density at radius 1 is 1.47 bits per heavy atom. The highest BCUT2D eigenvalue weighted by Crippen LogP contribution is 2.37. The summed E-state index contributed by atoms with van der Waals surface area (Å²) in [6.07, 6.45) is 1.20. The van der Waals surface area contributed by atoms with E-state index in [1.165, 1.54) is 0 Å². The number of hydrogen-bond donors (Lipinski definition) is 0. The van der Waals surface area contributed by atoms with Gasteiger partial charge in [-0.3, -0.25) is 9.69 Å². The van der Waals surface area contributed by atoms with Crippen LogP contribution < -0.4 is 0 Å². The molecule has 0 spiro atoms. The maximum absolute atomic E-state index is 11.7. The number of ether oxygens (including phenoxy) is 1. The minimum atomic E-state index is -0.482. The van der Waals surface area contributed by atoms with Crippen molar-refractivity contribution in [3.05, 3.63) is 0 Å². The van der Waals surface area contributed by atoms with E-state index in [4.69, 9.17) is 4.74 Å². The minimum absolute atomic E-state index is 0.181. The largest absolute Gasteiger partial charge is 0.444 e. The summed E-state index contributed by atoms with van der Waals surface area (Å²) < 4.78 is 5.23. The zero-order valence-electron chi connectivity index (χ0n) is 9.45. The van der Waals surface area contributed by atoms with Crippen molar-refractivity contribution in [3.63, 3.8) is 0 Å². The molecule has 2 rings (SSSR count). The molecule has 4 nitrogen and oxygen atoms in total. The topological polar surface area (TPSA) is 46.6 Å². The van der Waals surface area contributed by atoms with Crippen molar-refractivity contribution in [1.29, 1.82) is 0 Å². The Hall–Kier alpha value is -1.06. The fourth-order valence-corrected chi connectivity index (χ4v) is 2.25. The molecule has 0 bridgehead atoms. The molecule has 0 aromatic carbocycles. The molecule has 0 aromatic heterocycles. The highest BCUT2D eigenvalue weighted by atomic mass is 16.6. The molecule has 2 aliphatic rings. The molecule has 2 fully saturated rings. The maximum atomic E-state index is 11.7. The van der Waals surface area contributed by atoms with Gasteiger partial charge in [0, 0.05) is 18.9 Å². The third-order valence-electron chi connectivity index (χ3n) is 2.93. The van der Waals surface area contributed by atoms with Crippen molar-refractivity contribution in [2.45, 2.75) is 45.3 Å². The fourth-order valence-electron chi connectivity index (χ4n) is 2.25. The van der Waals surface area contributed by atoms with Crippen LogP contribution in [-0.4, -0.2) is 35.0 Å². The quantitative estimate of drug-likeness (QED) is 0.611. The summed E-state index contributed by atoms with van der Waals surface area (Å²) in [7, 11) is 0. The van der Waals surface area contributed by atoms with Gasteiger partial charge in [-0.15, -0.1) is 0 Å². The van der Waals surface area contributed by atoms with Crippen LogP contribution >= 0.6 is 0 Å². The van der Waals surface area contributed by atoms with Crippen molar-refractivity contribution >= 4 is 11.9 Å². The van der Waals surface area contributed by atoms with Crippen LogP contribution in [0.25, 0.3) is 0 Å². The van der Waals surface area contributed by atoms with Crippen molar-refractivity contribution in [1.82, 2.24) is 4.90 Å². The normalized spacial score (nSPS) is 29.8. The smallest absolute Gasteiger partial charge is 0.410 e. The molecule has 4 heteroatoms. The lowest BCUT2D eigenvalue weighted by Gasteiger charge is -2.43. The number of likely N-dealkylation sites (tertiary alicyclic amines) is 1. The van der Waals surface area contributed by atoms with Crippen molar-refractivity contribution in [2.75, 3.05) is 6.54 Å². The number of hydrogen-bond acceptors (Lipinski definition) is 3. The van der Waals surface area contributed by atoms with Crippen LogP contribution in [0.1, 0.15) is 33.6 Å². The number of carbonyl (C=O) groups is 2. The zero-order chi connectivity index (χ0) is 11.2. The average molecular weight is 211 g/mol. The summed E-state index contributed by atoms with van der Waals surface area (Å²) in [4.78, 5) is 24.7. The summed E-state index contributed by atoms with van der Waals surface area (Å²) >= 11 is 0. The number of carbonyl (C=O) groups excluding carboxylic acids is 2. The highest BCUT2D eigenvalue weighted by molar-refractivity contribution is 5.91. The summed E-state index contributed by atoms with van der Waals surface area (Å²) in [5, 5.41) is 0. The standard InChI is InChI=1S/C11H17NO3/c1-11(2,3)15-10(14)12-6-7-4-5-8(13)9(7)12/h7,9H,4-6H2,1-3H3. The molecule has 0 aromatic rings. The number of amides is 1. The van der Waals surface area contributed by atoms with Crippen LogP contribution in [0.2, 0.25) is 0 Å². The second-order valence-corrected chi connectivity index (χ2v) is 5.34. The van der Waals surface area contributed by atoms with Gasteiger partial charge < -0.3 is 4.74 Å². The van der Waals surface area contributed by atoms with E-state index >= 15 is 0 Å². The molecular formula is C11H17NO3. The summed E-state index contributed by atoms with van der Waals surface area (Å²) in [5.41, 5.74) is -0.482. The number of rotatable bonds is 0. The van der Waals surface area contributed by atoms with E-state index in [-0.39, 0.29) is 17.9 Å². The average Bonchev–Trinajstić information content (AvgIpc) is 2.21. The van der Waals surface area contributed by atoms with Gasteiger partial charge in [0.15, 0.2) is 5.78 Å². The molecule has 2 unspecified atom stereocenters. The van der Waals surface area contributed by atoms with Gasteiger partial charge in [0.1, 0.15) is 5.60 Å². The molecule has 1 saturated heterocycles. The van der Waals surface area contributed by atoms with E-state index in [1.54, 1.807) is 4.90 Å². The first-order valence-electron chi connectivity index (χ1n) is 5.41. The molecule has 1 amide bonds. The third-order valence-corrected chi connectivity index (χ3v) is 2.93. The Balaban J connectivity index is 1.96. The number of nitrogens with zero attached hydrogens (tertiary/aromatic N) is 1. The first kappa shape index (κ1) is 10.5. The fraction of sp³-hybridized carbons (Fsp3) is 0.818. The van der Waals surface area contributed by atoms with Crippen molar-refractivity contribution in [2.24, 2.45) is 5.92 Å². The van der Waals surface area contributed by atoms with Crippen LogP contribution in [0.15, 0.2) is 0 Å². The van der Waals surface area contributed by atoms with E-state index in [0.717, 1.165) is 6.42 Å². The lowest BCUT2D eigenvalue weighted by molar-refractivity contribution is -0.126. The molecule has 2 atom stereocenters. The predicted molar refractivity (Wildman–Crippen MR) is 54.5 cm³/mol. The lowest BCUT2D eigenvalue weighted by atomic mass is 9.92. The molecule has 1 aliphatic carbocycles. The first-order chi connectivity index (χ1) is 6.88. The Morgan fingerprint density at radius 3 is 2.67 bits per heavy atom. The first-order valence-corrected chi connectivity index (χ1v) is 5.41.